The molecule has 1 aromatic heterocycles. The first-order chi connectivity index (χ1) is 6.79. The monoisotopic (exact) mass is 189 g/mol. The summed E-state index contributed by atoms with van der Waals surface area (Å²) in [4.78, 5) is 20.1. The predicted octanol–water partition coefficient (Wildman–Crippen LogP) is 0.391. The van der Waals surface area contributed by atoms with E-state index in [1.165, 1.54) is 0 Å². The second-order valence-electron chi connectivity index (χ2n) is 3.42. The van der Waals surface area contributed by atoms with Crippen LogP contribution >= 0.6 is 0 Å². The number of aromatic nitrogens is 2. The van der Waals surface area contributed by atoms with Gasteiger partial charge in [0.25, 0.3) is 0 Å². The molecule has 4 heteroatoms. The summed E-state index contributed by atoms with van der Waals surface area (Å²) in [6.07, 6.45) is 9.08. The maximum absolute atomic E-state index is 11.5. The molecule has 1 aliphatic rings. The lowest BCUT2D eigenvalue weighted by Gasteiger charge is -2.13. The number of nitrogens with one attached hydrogen (secondary N) is 1. The molecule has 1 N–H and O–H groups in total. The topological polar surface area (TPSA) is 49.0 Å². The molecular weight excluding hydrogens is 178 g/mol. The van der Waals surface area contributed by atoms with Crippen molar-refractivity contribution in [2.24, 2.45) is 5.92 Å². The summed E-state index contributed by atoms with van der Waals surface area (Å²) in [6.45, 7) is 1.24. The van der Waals surface area contributed by atoms with Gasteiger partial charge >= 0.3 is 0 Å². The molecule has 0 aliphatic carbocycles. The van der Waals surface area contributed by atoms with Crippen molar-refractivity contribution < 1.29 is 4.79 Å². The van der Waals surface area contributed by atoms with Crippen LogP contribution in [0.3, 0.4) is 0 Å². The summed E-state index contributed by atoms with van der Waals surface area (Å²) in [6, 6.07) is 0. The van der Waals surface area contributed by atoms with Crippen LogP contribution in [0.15, 0.2) is 12.5 Å². The lowest BCUT2D eigenvalue weighted by molar-refractivity contribution is -0.128. The van der Waals surface area contributed by atoms with Gasteiger partial charge in [-0.3, -0.25) is 4.79 Å². The van der Waals surface area contributed by atoms with Crippen molar-refractivity contribution in [3.05, 3.63) is 18.2 Å². The summed E-state index contributed by atoms with van der Waals surface area (Å²) in [5, 5.41) is 0. The van der Waals surface area contributed by atoms with E-state index in [2.05, 4.69) is 15.9 Å². The number of carbonyl (C=O) groups excluding carboxylic acids is 1. The van der Waals surface area contributed by atoms with E-state index in [0.29, 0.717) is 19.5 Å². The van der Waals surface area contributed by atoms with E-state index in [1.807, 2.05) is 0 Å². The van der Waals surface area contributed by atoms with Gasteiger partial charge in [-0.1, -0.05) is 0 Å². The van der Waals surface area contributed by atoms with Gasteiger partial charge < -0.3 is 9.88 Å². The van der Waals surface area contributed by atoms with Gasteiger partial charge in [0.1, 0.15) is 0 Å². The molecule has 0 aromatic carbocycles. The number of amides is 1. The second kappa shape index (κ2) is 3.54. The number of hydrogen-bond acceptors (Lipinski definition) is 2. The molecule has 2 heterocycles. The van der Waals surface area contributed by atoms with Gasteiger partial charge in [0.15, 0.2) is 0 Å². The Balaban J connectivity index is 2.00. The average molecular weight is 189 g/mol. The molecule has 1 unspecified atom stereocenters. The lowest BCUT2D eigenvalue weighted by Crippen LogP contribution is -2.24. The Morgan fingerprint density at radius 3 is 3.21 bits per heavy atom. The normalized spacial score (nSPS) is 21.2. The summed E-state index contributed by atoms with van der Waals surface area (Å²) in [7, 11) is 0. The third-order valence-corrected chi connectivity index (χ3v) is 2.37. The van der Waals surface area contributed by atoms with E-state index in [0.717, 1.165) is 5.69 Å². The fraction of sp³-hybridized carbons (Fsp3) is 0.400. The second-order valence-corrected chi connectivity index (χ2v) is 3.42. The minimum absolute atomic E-state index is 0.0745. The Morgan fingerprint density at radius 2 is 2.64 bits per heavy atom. The van der Waals surface area contributed by atoms with Crippen molar-refractivity contribution in [1.29, 1.82) is 0 Å². The number of imidazole rings is 1. The fourth-order valence-electron chi connectivity index (χ4n) is 1.61. The summed E-state index contributed by atoms with van der Waals surface area (Å²) < 4.78 is 0. The van der Waals surface area contributed by atoms with E-state index in [1.54, 1.807) is 17.4 Å². The van der Waals surface area contributed by atoms with E-state index >= 15 is 0 Å². The van der Waals surface area contributed by atoms with E-state index in [9.17, 15) is 4.79 Å². The van der Waals surface area contributed by atoms with E-state index < -0.39 is 0 Å². The van der Waals surface area contributed by atoms with Crippen molar-refractivity contribution in [2.75, 3.05) is 6.54 Å². The Labute approximate surface area is 82.3 Å². The van der Waals surface area contributed by atoms with Crippen molar-refractivity contribution in [1.82, 2.24) is 14.9 Å². The van der Waals surface area contributed by atoms with Crippen LogP contribution in [-0.4, -0.2) is 27.3 Å². The molecule has 72 valence electrons. The highest BCUT2D eigenvalue weighted by Crippen LogP contribution is 2.18. The smallest absolute Gasteiger partial charge is 0.224 e. The standard InChI is InChI=1S/C10H11N3O/c1-2-8-3-10(14)13(5-8)6-9-4-11-7-12-9/h1,4,7-8H,3,5-6H2,(H,11,12). The highest BCUT2D eigenvalue weighted by molar-refractivity contribution is 5.79. The summed E-state index contributed by atoms with van der Waals surface area (Å²) in [5.74, 6) is 2.82. The zero-order valence-corrected chi connectivity index (χ0v) is 7.73. The van der Waals surface area contributed by atoms with Crippen LogP contribution in [0, 0.1) is 18.3 Å². The molecule has 2 rings (SSSR count). The Hall–Kier alpha value is -1.76. The molecule has 14 heavy (non-hydrogen) atoms. The fourth-order valence-corrected chi connectivity index (χ4v) is 1.61. The third kappa shape index (κ3) is 1.62. The average Bonchev–Trinajstić information content (AvgIpc) is 2.78. The zero-order chi connectivity index (χ0) is 9.97. The lowest BCUT2D eigenvalue weighted by atomic mass is 10.1. The summed E-state index contributed by atoms with van der Waals surface area (Å²) in [5.41, 5.74) is 0.941. The Kier molecular flexibility index (Phi) is 2.23. The minimum atomic E-state index is 0.0745. The number of nitrogens with zero attached hydrogens (tertiary/aromatic N) is 2. The van der Waals surface area contributed by atoms with Crippen molar-refractivity contribution >= 4 is 5.91 Å². The Bertz CT molecular complexity index is 363. The highest BCUT2D eigenvalue weighted by Gasteiger charge is 2.28. The number of hydrogen-bond donors (Lipinski definition) is 1. The molecular formula is C10H11N3O. The van der Waals surface area contributed by atoms with Gasteiger partial charge in [0, 0.05) is 25.1 Å². The number of terminal acetylenes is 1. The largest absolute Gasteiger partial charge is 0.347 e. The first kappa shape index (κ1) is 8.82. The maximum atomic E-state index is 11.5. The van der Waals surface area contributed by atoms with Gasteiger partial charge in [-0.05, 0) is 0 Å². The van der Waals surface area contributed by atoms with Crippen LogP contribution in [0.1, 0.15) is 12.1 Å². The molecule has 1 saturated heterocycles. The first-order valence-corrected chi connectivity index (χ1v) is 4.50. The number of aromatic amines is 1. The molecule has 4 nitrogen and oxygen atoms in total. The van der Waals surface area contributed by atoms with Crippen LogP contribution in [-0.2, 0) is 11.3 Å². The van der Waals surface area contributed by atoms with E-state index in [-0.39, 0.29) is 11.8 Å². The molecule has 0 radical (unpaired) electrons. The van der Waals surface area contributed by atoms with Crippen LogP contribution in [0.4, 0.5) is 0 Å². The summed E-state index contributed by atoms with van der Waals surface area (Å²) >= 11 is 0. The number of likely N-dealkylation sites (tertiary alicyclic amines) is 1. The van der Waals surface area contributed by atoms with Crippen molar-refractivity contribution in [3.8, 4) is 12.3 Å². The molecule has 0 saturated carbocycles. The molecule has 1 aliphatic heterocycles. The number of H-pyrrole nitrogens is 1. The molecule has 0 spiro atoms. The van der Waals surface area contributed by atoms with Crippen LogP contribution in [0.2, 0.25) is 0 Å². The molecule has 1 aromatic rings. The van der Waals surface area contributed by atoms with E-state index in [4.69, 9.17) is 6.42 Å². The maximum Gasteiger partial charge on any atom is 0.224 e. The Morgan fingerprint density at radius 1 is 1.79 bits per heavy atom. The third-order valence-electron chi connectivity index (χ3n) is 2.37. The molecule has 0 bridgehead atoms. The minimum Gasteiger partial charge on any atom is -0.347 e. The molecule has 1 amide bonds. The predicted molar refractivity (Wildman–Crippen MR) is 50.9 cm³/mol. The van der Waals surface area contributed by atoms with Crippen molar-refractivity contribution in [3.63, 3.8) is 0 Å². The van der Waals surface area contributed by atoms with Gasteiger partial charge in [-0.25, -0.2) is 4.98 Å². The SMILES string of the molecule is C#CC1CC(=O)N(Cc2cnc[nH]2)C1. The van der Waals surface area contributed by atoms with Crippen LogP contribution < -0.4 is 0 Å². The van der Waals surface area contributed by atoms with Crippen LogP contribution in [0.25, 0.3) is 0 Å². The van der Waals surface area contributed by atoms with Gasteiger partial charge in [0.2, 0.25) is 5.91 Å². The van der Waals surface area contributed by atoms with Crippen LogP contribution in [0.5, 0.6) is 0 Å². The highest BCUT2D eigenvalue weighted by atomic mass is 16.2. The van der Waals surface area contributed by atoms with Crippen molar-refractivity contribution in [2.45, 2.75) is 13.0 Å². The quantitative estimate of drug-likeness (QED) is 0.684. The van der Waals surface area contributed by atoms with Gasteiger partial charge in [-0.2, -0.15) is 0 Å². The molecule has 1 fully saturated rings. The van der Waals surface area contributed by atoms with Gasteiger partial charge in [0.05, 0.1) is 18.6 Å². The molecule has 1 atom stereocenters. The number of carbonyl (C=O) groups is 1. The first-order valence-electron chi connectivity index (χ1n) is 4.50. The zero-order valence-electron chi connectivity index (χ0n) is 7.73. The number of rotatable bonds is 2. The van der Waals surface area contributed by atoms with Gasteiger partial charge in [-0.15, -0.1) is 12.3 Å².